The molecule has 25 heavy (non-hydrogen) atoms. The van der Waals surface area contributed by atoms with Crippen LogP contribution in [-0.2, 0) is 4.79 Å². The number of anilines is 1. The summed E-state index contributed by atoms with van der Waals surface area (Å²) in [5.74, 6) is -1.62. The van der Waals surface area contributed by atoms with Gasteiger partial charge in [0.15, 0.2) is 5.11 Å². The van der Waals surface area contributed by atoms with Crippen LogP contribution in [0.5, 0.6) is 0 Å². The molecule has 2 aromatic rings. The molecule has 0 N–H and O–H groups in total. The Balaban J connectivity index is 1.85. The standard InChI is InChI=1S/C17H14N4O3S/c1-20-14(19-18-12-7-5-6-11(10-12)16(23)24)15(22)21(17(20)25)13-8-3-2-4-9-13/h2-10,14H,1H3,(H,23,24)/p-1/t14-/m0/s1. The van der Waals surface area contributed by atoms with Crippen LogP contribution in [0.3, 0.4) is 0 Å². The van der Waals surface area contributed by atoms with E-state index in [0.29, 0.717) is 16.5 Å². The number of carbonyl (C=O) groups excluding carboxylic acids is 2. The van der Waals surface area contributed by atoms with Gasteiger partial charge in [0.1, 0.15) is 0 Å². The number of para-hydroxylation sites is 1. The van der Waals surface area contributed by atoms with Crippen LogP contribution < -0.4 is 10.0 Å². The Hall–Kier alpha value is -3.13. The van der Waals surface area contributed by atoms with Gasteiger partial charge >= 0.3 is 0 Å². The van der Waals surface area contributed by atoms with E-state index in [9.17, 15) is 14.7 Å². The summed E-state index contributed by atoms with van der Waals surface area (Å²) in [6, 6.07) is 14.9. The fourth-order valence-electron chi connectivity index (χ4n) is 2.40. The Morgan fingerprint density at radius 3 is 2.56 bits per heavy atom. The van der Waals surface area contributed by atoms with E-state index in [2.05, 4.69) is 10.2 Å². The molecular weight excluding hydrogens is 340 g/mol. The summed E-state index contributed by atoms with van der Waals surface area (Å²) >= 11 is 5.33. The number of hydrogen-bond acceptors (Lipinski definition) is 6. The van der Waals surface area contributed by atoms with Gasteiger partial charge in [-0.1, -0.05) is 30.3 Å². The third kappa shape index (κ3) is 3.24. The molecular formula is C17H13N4O3S-. The second kappa shape index (κ2) is 6.78. The Morgan fingerprint density at radius 1 is 1.16 bits per heavy atom. The van der Waals surface area contributed by atoms with Crippen LogP contribution in [-0.4, -0.2) is 35.1 Å². The molecule has 3 rings (SSSR count). The van der Waals surface area contributed by atoms with Crippen molar-refractivity contribution in [3.05, 3.63) is 60.2 Å². The van der Waals surface area contributed by atoms with Crippen molar-refractivity contribution in [1.29, 1.82) is 0 Å². The summed E-state index contributed by atoms with van der Waals surface area (Å²) in [5, 5.41) is 19.2. The van der Waals surface area contributed by atoms with Gasteiger partial charge in [0, 0.05) is 7.05 Å². The highest BCUT2D eigenvalue weighted by atomic mass is 32.1. The lowest BCUT2D eigenvalue weighted by Crippen LogP contribution is -2.30. The summed E-state index contributed by atoms with van der Waals surface area (Å²) in [6.07, 6.45) is -0.903. The maximum absolute atomic E-state index is 12.7. The van der Waals surface area contributed by atoms with Crippen LogP contribution in [0, 0.1) is 0 Å². The molecule has 1 atom stereocenters. The van der Waals surface area contributed by atoms with E-state index >= 15 is 0 Å². The Morgan fingerprint density at radius 2 is 1.88 bits per heavy atom. The second-order valence-corrected chi connectivity index (χ2v) is 5.69. The van der Waals surface area contributed by atoms with Gasteiger partial charge in [0.05, 0.1) is 17.3 Å². The smallest absolute Gasteiger partial charge is 0.280 e. The minimum absolute atomic E-state index is 0.0102. The fraction of sp³-hybridized carbons (Fsp3) is 0.118. The first kappa shape index (κ1) is 16.7. The zero-order valence-corrected chi connectivity index (χ0v) is 14.0. The van der Waals surface area contributed by atoms with Gasteiger partial charge in [-0.3, -0.25) is 9.69 Å². The van der Waals surface area contributed by atoms with Gasteiger partial charge in [-0.15, -0.1) is 0 Å². The monoisotopic (exact) mass is 353 g/mol. The number of aromatic carboxylic acids is 1. The lowest BCUT2D eigenvalue weighted by molar-refractivity contribution is -0.255. The number of azo groups is 1. The summed E-state index contributed by atoms with van der Waals surface area (Å²) in [7, 11) is 1.66. The van der Waals surface area contributed by atoms with E-state index in [1.54, 1.807) is 25.2 Å². The van der Waals surface area contributed by atoms with E-state index in [4.69, 9.17) is 12.2 Å². The first-order valence-electron chi connectivity index (χ1n) is 7.37. The zero-order chi connectivity index (χ0) is 18.0. The lowest BCUT2D eigenvalue weighted by atomic mass is 10.2. The molecule has 0 bridgehead atoms. The average molecular weight is 353 g/mol. The summed E-state index contributed by atoms with van der Waals surface area (Å²) in [4.78, 5) is 26.5. The van der Waals surface area contributed by atoms with Gasteiger partial charge in [-0.25, -0.2) is 0 Å². The van der Waals surface area contributed by atoms with E-state index in [0.717, 1.165) is 0 Å². The maximum atomic E-state index is 12.7. The van der Waals surface area contributed by atoms with Crippen LogP contribution in [0.1, 0.15) is 10.4 Å². The van der Waals surface area contributed by atoms with Crippen molar-refractivity contribution in [3.8, 4) is 0 Å². The highest BCUT2D eigenvalue weighted by Crippen LogP contribution is 2.26. The SMILES string of the molecule is CN1C(=S)N(c2ccccc2)C(=O)[C@H]1N=Nc1cccc(C(=O)[O-])c1. The van der Waals surface area contributed by atoms with Crippen molar-refractivity contribution in [3.63, 3.8) is 0 Å². The molecule has 0 aromatic heterocycles. The molecule has 1 heterocycles. The number of carbonyl (C=O) groups is 2. The average Bonchev–Trinajstić information content (AvgIpc) is 2.83. The Kier molecular flexibility index (Phi) is 4.53. The van der Waals surface area contributed by atoms with Crippen molar-refractivity contribution in [2.45, 2.75) is 6.17 Å². The van der Waals surface area contributed by atoms with Crippen molar-refractivity contribution in [1.82, 2.24) is 4.90 Å². The number of likely N-dealkylation sites (N-methyl/N-ethyl adjacent to an activating group) is 1. The first-order chi connectivity index (χ1) is 12.0. The minimum Gasteiger partial charge on any atom is -0.545 e. The third-order valence-corrected chi connectivity index (χ3v) is 4.15. The number of nitrogens with zero attached hydrogens (tertiary/aromatic N) is 4. The van der Waals surface area contributed by atoms with Gasteiger partial charge < -0.3 is 14.8 Å². The van der Waals surface area contributed by atoms with E-state index in [1.807, 2.05) is 18.2 Å². The predicted molar refractivity (Wildman–Crippen MR) is 93.4 cm³/mol. The normalized spacial score (nSPS) is 17.6. The maximum Gasteiger partial charge on any atom is 0.280 e. The third-order valence-electron chi connectivity index (χ3n) is 3.68. The zero-order valence-electron chi connectivity index (χ0n) is 13.2. The molecule has 1 aliphatic heterocycles. The molecule has 1 saturated heterocycles. The second-order valence-electron chi connectivity index (χ2n) is 5.33. The molecule has 8 heteroatoms. The fourth-order valence-corrected chi connectivity index (χ4v) is 2.69. The quantitative estimate of drug-likeness (QED) is 0.617. The molecule has 0 spiro atoms. The highest BCUT2D eigenvalue weighted by Gasteiger charge is 2.41. The van der Waals surface area contributed by atoms with Crippen molar-refractivity contribution >= 4 is 40.6 Å². The molecule has 2 aromatic carbocycles. The molecule has 0 saturated carbocycles. The number of amides is 1. The minimum atomic E-state index is -1.30. The summed E-state index contributed by atoms with van der Waals surface area (Å²) < 4.78 is 0. The van der Waals surface area contributed by atoms with Gasteiger partial charge in [-0.05, 0) is 42.0 Å². The van der Waals surface area contributed by atoms with E-state index in [-0.39, 0.29) is 11.5 Å². The molecule has 1 fully saturated rings. The Labute approximate surface area is 149 Å². The summed E-state index contributed by atoms with van der Waals surface area (Å²) in [5.41, 5.74) is 0.956. The highest BCUT2D eigenvalue weighted by molar-refractivity contribution is 7.80. The molecule has 126 valence electrons. The van der Waals surface area contributed by atoms with Crippen LogP contribution in [0.25, 0.3) is 0 Å². The van der Waals surface area contributed by atoms with Crippen LogP contribution in [0.2, 0.25) is 0 Å². The number of thiocarbonyl (C=S) groups is 1. The largest absolute Gasteiger partial charge is 0.545 e. The van der Waals surface area contributed by atoms with Gasteiger partial charge in [0.25, 0.3) is 5.91 Å². The van der Waals surface area contributed by atoms with Crippen molar-refractivity contribution in [2.75, 3.05) is 11.9 Å². The molecule has 0 radical (unpaired) electrons. The lowest BCUT2D eigenvalue weighted by Gasteiger charge is -2.16. The number of carboxylic acids is 1. The molecule has 7 nitrogen and oxygen atoms in total. The summed E-state index contributed by atoms with van der Waals surface area (Å²) in [6.45, 7) is 0. The topological polar surface area (TPSA) is 88.4 Å². The van der Waals surface area contributed by atoms with Crippen molar-refractivity contribution < 1.29 is 14.7 Å². The first-order valence-corrected chi connectivity index (χ1v) is 7.78. The van der Waals surface area contributed by atoms with Crippen molar-refractivity contribution in [2.24, 2.45) is 10.2 Å². The molecule has 0 aliphatic carbocycles. The van der Waals surface area contributed by atoms with E-state index in [1.165, 1.54) is 28.0 Å². The number of benzene rings is 2. The number of carboxylic acid groups (broad SMARTS) is 1. The van der Waals surface area contributed by atoms with Gasteiger partial charge in [-0.2, -0.15) is 10.2 Å². The number of hydrogen-bond donors (Lipinski definition) is 0. The predicted octanol–water partition coefficient (Wildman–Crippen LogP) is 1.72. The van der Waals surface area contributed by atoms with E-state index < -0.39 is 12.1 Å². The van der Waals surface area contributed by atoms with Crippen LogP contribution in [0.4, 0.5) is 11.4 Å². The van der Waals surface area contributed by atoms with Gasteiger partial charge in [0.2, 0.25) is 6.17 Å². The molecule has 0 unspecified atom stereocenters. The Bertz CT molecular complexity index is 869. The molecule has 1 amide bonds. The van der Waals surface area contributed by atoms with Crippen LogP contribution >= 0.6 is 12.2 Å². The molecule has 1 aliphatic rings. The number of rotatable bonds is 4. The van der Waals surface area contributed by atoms with Crippen LogP contribution in [0.15, 0.2) is 64.8 Å².